The SMILES string of the molecule is CCCN1C(=O)CCC1C(=O)NCc1ccc(F)cc1Cl. The van der Waals surface area contributed by atoms with Crippen LogP contribution in [0.5, 0.6) is 0 Å². The van der Waals surface area contributed by atoms with Crippen LogP contribution < -0.4 is 5.32 Å². The molecule has 2 rings (SSSR count). The number of rotatable bonds is 5. The Morgan fingerprint density at radius 2 is 2.29 bits per heavy atom. The highest BCUT2D eigenvalue weighted by molar-refractivity contribution is 6.31. The molecule has 0 spiro atoms. The summed E-state index contributed by atoms with van der Waals surface area (Å²) in [4.78, 5) is 25.6. The Morgan fingerprint density at radius 3 is 2.95 bits per heavy atom. The van der Waals surface area contributed by atoms with Gasteiger partial charge in [0.2, 0.25) is 11.8 Å². The molecule has 2 amide bonds. The number of hydrogen-bond acceptors (Lipinski definition) is 2. The first kappa shape index (κ1) is 15.8. The van der Waals surface area contributed by atoms with E-state index in [9.17, 15) is 14.0 Å². The molecule has 1 N–H and O–H groups in total. The fourth-order valence-corrected chi connectivity index (χ4v) is 2.73. The molecule has 0 aromatic heterocycles. The molecule has 0 radical (unpaired) electrons. The van der Waals surface area contributed by atoms with Crippen LogP contribution in [-0.2, 0) is 16.1 Å². The number of carbonyl (C=O) groups is 2. The van der Waals surface area contributed by atoms with Crippen molar-refractivity contribution in [2.75, 3.05) is 6.54 Å². The molecule has 1 fully saturated rings. The van der Waals surface area contributed by atoms with E-state index in [1.54, 1.807) is 11.0 Å². The van der Waals surface area contributed by atoms with Gasteiger partial charge in [0.15, 0.2) is 0 Å². The normalized spacial score (nSPS) is 18.1. The fraction of sp³-hybridized carbons (Fsp3) is 0.467. The van der Waals surface area contributed by atoms with E-state index in [0.29, 0.717) is 24.9 Å². The van der Waals surface area contributed by atoms with Crippen LogP contribution in [-0.4, -0.2) is 29.3 Å². The number of amides is 2. The second kappa shape index (κ2) is 6.89. The van der Waals surface area contributed by atoms with Crippen LogP contribution in [0.3, 0.4) is 0 Å². The summed E-state index contributed by atoms with van der Waals surface area (Å²) < 4.78 is 13.0. The molecular weight excluding hydrogens is 295 g/mol. The van der Waals surface area contributed by atoms with Gasteiger partial charge in [-0.2, -0.15) is 0 Å². The highest BCUT2D eigenvalue weighted by Gasteiger charge is 2.35. The summed E-state index contributed by atoms with van der Waals surface area (Å²) >= 11 is 5.92. The zero-order chi connectivity index (χ0) is 15.4. The molecule has 1 heterocycles. The number of benzene rings is 1. The van der Waals surface area contributed by atoms with Crippen LogP contribution in [0.4, 0.5) is 4.39 Å². The summed E-state index contributed by atoms with van der Waals surface area (Å²) in [6.45, 7) is 2.79. The van der Waals surface area contributed by atoms with Gasteiger partial charge in [-0.15, -0.1) is 0 Å². The first-order valence-corrected chi connectivity index (χ1v) is 7.41. The van der Waals surface area contributed by atoms with Crippen molar-refractivity contribution in [3.8, 4) is 0 Å². The molecule has 1 aromatic rings. The average molecular weight is 313 g/mol. The van der Waals surface area contributed by atoms with Crippen molar-refractivity contribution >= 4 is 23.4 Å². The number of hydrogen-bond donors (Lipinski definition) is 1. The van der Waals surface area contributed by atoms with E-state index in [-0.39, 0.29) is 23.4 Å². The van der Waals surface area contributed by atoms with Gasteiger partial charge in [-0.05, 0) is 30.5 Å². The molecule has 0 aliphatic carbocycles. The highest BCUT2D eigenvalue weighted by atomic mass is 35.5. The number of nitrogens with one attached hydrogen (secondary N) is 1. The maximum Gasteiger partial charge on any atom is 0.243 e. The van der Waals surface area contributed by atoms with Crippen molar-refractivity contribution < 1.29 is 14.0 Å². The lowest BCUT2D eigenvalue weighted by molar-refractivity contribution is -0.135. The van der Waals surface area contributed by atoms with Gasteiger partial charge < -0.3 is 10.2 Å². The summed E-state index contributed by atoms with van der Waals surface area (Å²) in [5.41, 5.74) is 0.651. The van der Waals surface area contributed by atoms with Gasteiger partial charge in [0.1, 0.15) is 11.9 Å². The molecule has 4 nitrogen and oxygen atoms in total. The van der Waals surface area contributed by atoms with E-state index >= 15 is 0 Å². The molecule has 0 saturated carbocycles. The summed E-state index contributed by atoms with van der Waals surface area (Å²) in [7, 11) is 0. The largest absolute Gasteiger partial charge is 0.350 e. The molecule has 0 bridgehead atoms. The van der Waals surface area contributed by atoms with Crippen molar-refractivity contribution in [1.82, 2.24) is 10.2 Å². The van der Waals surface area contributed by atoms with E-state index in [1.165, 1.54) is 12.1 Å². The van der Waals surface area contributed by atoms with Crippen LogP contribution in [0.15, 0.2) is 18.2 Å². The first-order chi connectivity index (χ1) is 10.0. The number of nitrogens with zero attached hydrogens (tertiary/aromatic N) is 1. The maximum atomic E-state index is 13.0. The lowest BCUT2D eigenvalue weighted by Crippen LogP contribution is -2.44. The Labute approximate surface area is 128 Å². The lowest BCUT2D eigenvalue weighted by Gasteiger charge is -2.23. The Balaban J connectivity index is 1.96. The van der Waals surface area contributed by atoms with Gasteiger partial charge in [-0.3, -0.25) is 9.59 Å². The van der Waals surface area contributed by atoms with E-state index in [4.69, 9.17) is 11.6 Å². The average Bonchev–Trinajstić information content (AvgIpc) is 2.80. The zero-order valence-corrected chi connectivity index (χ0v) is 12.6. The molecule has 6 heteroatoms. The Kier molecular flexibility index (Phi) is 5.17. The third-order valence-electron chi connectivity index (χ3n) is 3.56. The maximum absolute atomic E-state index is 13.0. The van der Waals surface area contributed by atoms with Crippen molar-refractivity contribution in [3.63, 3.8) is 0 Å². The molecular formula is C15H18ClFN2O2. The van der Waals surface area contributed by atoms with Crippen LogP contribution >= 0.6 is 11.6 Å². The molecule has 1 aliphatic rings. The second-order valence-corrected chi connectivity index (χ2v) is 5.50. The van der Waals surface area contributed by atoms with E-state index in [0.717, 1.165) is 6.42 Å². The molecule has 1 aliphatic heterocycles. The second-order valence-electron chi connectivity index (χ2n) is 5.10. The van der Waals surface area contributed by atoms with Crippen LogP contribution in [0.2, 0.25) is 5.02 Å². The van der Waals surface area contributed by atoms with Crippen molar-refractivity contribution in [2.24, 2.45) is 0 Å². The minimum absolute atomic E-state index is 0.0248. The molecule has 1 aromatic carbocycles. The van der Waals surface area contributed by atoms with Crippen LogP contribution in [0, 0.1) is 5.82 Å². The minimum atomic E-state index is -0.411. The standard InChI is InChI=1S/C15H18ClFN2O2/c1-2-7-19-13(5-6-14(19)20)15(21)18-9-10-3-4-11(17)8-12(10)16/h3-4,8,13H,2,5-7,9H2,1H3,(H,18,21). The Morgan fingerprint density at radius 1 is 1.52 bits per heavy atom. The van der Waals surface area contributed by atoms with Crippen molar-refractivity contribution in [1.29, 1.82) is 0 Å². The zero-order valence-electron chi connectivity index (χ0n) is 11.9. The first-order valence-electron chi connectivity index (χ1n) is 7.04. The summed E-state index contributed by atoms with van der Waals surface area (Å²) in [5, 5.41) is 3.05. The van der Waals surface area contributed by atoms with Crippen LogP contribution in [0.1, 0.15) is 31.7 Å². The Hall–Kier alpha value is -1.62. The van der Waals surface area contributed by atoms with Gasteiger partial charge >= 0.3 is 0 Å². The number of likely N-dealkylation sites (tertiary alicyclic amines) is 1. The molecule has 1 saturated heterocycles. The van der Waals surface area contributed by atoms with E-state index in [2.05, 4.69) is 5.32 Å². The highest BCUT2D eigenvalue weighted by Crippen LogP contribution is 2.20. The predicted molar refractivity (Wildman–Crippen MR) is 78.3 cm³/mol. The topological polar surface area (TPSA) is 49.4 Å². The summed E-state index contributed by atoms with van der Waals surface area (Å²) in [6.07, 6.45) is 1.77. The van der Waals surface area contributed by atoms with Gasteiger partial charge in [-0.25, -0.2) is 4.39 Å². The number of halogens is 2. The van der Waals surface area contributed by atoms with Gasteiger partial charge in [0.25, 0.3) is 0 Å². The molecule has 114 valence electrons. The fourth-order valence-electron chi connectivity index (χ4n) is 2.49. The van der Waals surface area contributed by atoms with E-state index < -0.39 is 11.9 Å². The summed E-state index contributed by atoms with van der Waals surface area (Å²) in [6, 6.07) is 3.65. The third kappa shape index (κ3) is 3.73. The van der Waals surface area contributed by atoms with E-state index in [1.807, 2.05) is 6.92 Å². The molecule has 1 atom stereocenters. The van der Waals surface area contributed by atoms with Gasteiger partial charge in [0.05, 0.1) is 0 Å². The van der Waals surface area contributed by atoms with Crippen LogP contribution in [0.25, 0.3) is 0 Å². The number of carbonyl (C=O) groups excluding carboxylic acids is 2. The predicted octanol–water partition coefficient (Wildman–Crippen LogP) is 2.50. The van der Waals surface area contributed by atoms with Crippen molar-refractivity contribution in [3.05, 3.63) is 34.6 Å². The monoisotopic (exact) mass is 312 g/mol. The lowest BCUT2D eigenvalue weighted by atomic mass is 10.1. The van der Waals surface area contributed by atoms with Gasteiger partial charge in [-0.1, -0.05) is 24.6 Å². The van der Waals surface area contributed by atoms with Crippen molar-refractivity contribution in [2.45, 2.75) is 38.8 Å². The minimum Gasteiger partial charge on any atom is -0.350 e. The smallest absolute Gasteiger partial charge is 0.243 e. The third-order valence-corrected chi connectivity index (χ3v) is 3.92. The van der Waals surface area contributed by atoms with Gasteiger partial charge in [0, 0.05) is 24.5 Å². The molecule has 1 unspecified atom stereocenters. The Bertz CT molecular complexity index is 550. The molecule has 21 heavy (non-hydrogen) atoms. The quantitative estimate of drug-likeness (QED) is 0.908. The summed E-state index contributed by atoms with van der Waals surface area (Å²) in [5.74, 6) is -0.572.